The molecule has 3 rings (SSSR count). The van der Waals surface area contributed by atoms with Gasteiger partial charge in [-0.2, -0.15) is 0 Å². The van der Waals surface area contributed by atoms with E-state index in [1.165, 1.54) is 12.1 Å². The summed E-state index contributed by atoms with van der Waals surface area (Å²) in [5.41, 5.74) is 1.56. The Morgan fingerprint density at radius 3 is 2.82 bits per heavy atom. The Hall–Kier alpha value is -3.07. The molecule has 0 radical (unpaired) electrons. The Bertz CT molecular complexity index is 753. The molecule has 6 nitrogen and oxygen atoms in total. The molecule has 6 heteroatoms. The maximum absolute atomic E-state index is 11.2. The number of rotatable bonds is 3. The van der Waals surface area contributed by atoms with E-state index in [9.17, 15) is 10.1 Å². The van der Waals surface area contributed by atoms with E-state index in [0.29, 0.717) is 24.5 Å². The van der Waals surface area contributed by atoms with Crippen LogP contribution in [0.5, 0.6) is 5.75 Å². The summed E-state index contributed by atoms with van der Waals surface area (Å²) in [6.45, 7) is 7.42. The molecule has 1 aliphatic heterocycles. The van der Waals surface area contributed by atoms with Gasteiger partial charge in [-0.05, 0) is 18.1 Å². The lowest BCUT2D eigenvalue weighted by Gasteiger charge is -2.27. The minimum atomic E-state index is -0.491. The Balaban J connectivity index is 1.89. The van der Waals surface area contributed by atoms with Crippen LogP contribution in [0.25, 0.3) is 4.85 Å². The average Bonchev–Trinajstić information content (AvgIpc) is 2.54. The largest absolute Gasteiger partial charge is 0.490 e. The zero-order chi connectivity index (χ0) is 15.5. The second-order valence-corrected chi connectivity index (χ2v) is 5.05. The molecule has 22 heavy (non-hydrogen) atoms. The van der Waals surface area contributed by atoms with E-state index in [0.717, 1.165) is 5.56 Å². The normalized spacial score (nSPS) is 15.9. The zero-order valence-electron chi connectivity index (χ0n) is 11.7. The van der Waals surface area contributed by atoms with Gasteiger partial charge in [-0.3, -0.25) is 10.1 Å². The molecule has 0 bridgehead atoms. The van der Waals surface area contributed by atoms with Crippen molar-refractivity contribution in [2.45, 2.75) is 12.5 Å². The molecule has 1 aliphatic rings. The van der Waals surface area contributed by atoms with Crippen molar-refractivity contribution in [1.82, 2.24) is 0 Å². The highest BCUT2D eigenvalue weighted by Crippen LogP contribution is 2.41. The van der Waals surface area contributed by atoms with Crippen molar-refractivity contribution in [3.8, 4) is 5.75 Å². The molecule has 0 fully saturated rings. The molecule has 0 spiro atoms. The summed E-state index contributed by atoms with van der Waals surface area (Å²) in [7, 11) is 0. The van der Waals surface area contributed by atoms with Crippen molar-refractivity contribution in [2.24, 2.45) is 0 Å². The fourth-order valence-corrected chi connectivity index (χ4v) is 2.50. The summed E-state index contributed by atoms with van der Waals surface area (Å²) in [6.07, 6.45) is 0.710. The molecule has 0 amide bonds. The number of anilines is 1. The summed E-state index contributed by atoms with van der Waals surface area (Å²) in [5, 5.41) is 14.4. The van der Waals surface area contributed by atoms with Crippen LogP contribution in [0.4, 0.5) is 17.1 Å². The fourth-order valence-electron chi connectivity index (χ4n) is 2.50. The maximum Gasteiger partial charge on any atom is 0.286 e. The summed E-state index contributed by atoms with van der Waals surface area (Å²) in [6, 6.07) is 12.6. The Morgan fingerprint density at radius 1 is 1.36 bits per heavy atom. The lowest BCUT2D eigenvalue weighted by atomic mass is 10.0. The predicted molar refractivity (Wildman–Crippen MR) is 82.4 cm³/mol. The molecule has 1 N–H and O–H groups in total. The number of nitrogens with one attached hydrogen (secondary N) is 1. The molecule has 1 atom stereocenters. The average molecular weight is 295 g/mol. The monoisotopic (exact) mass is 295 g/mol. The molecule has 0 unspecified atom stereocenters. The van der Waals surface area contributed by atoms with Gasteiger partial charge in [0.1, 0.15) is 12.4 Å². The maximum atomic E-state index is 11.2. The van der Waals surface area contributed by atoms with Crippen molar-refractivity contribution in [3.63, 3.8) is 0 Å². The van der Waals surface area contributed by atoms with Crippen molar-refractivity contribution < 1.29 is 9.66 Å². The molecule has 2 aromatic carbocycles. The second-order valence-electron chi connectivity index (χ2n) is 5.05. The number of benzene rings is 2. The van der Waals surface area contributed by atoms with Crippen molar-refractivity contribution >= 4 is 17.1 Å². The number of hydrogen-bond donors (Lipinski definition) is 1. The Labute approximate surface area is 127 Å². The highest BCUT2D eigenvalue weighted by molar-refractivity contribution is 5.77. The number of hydrogen-bond acceptors (Lipinski definition) is 4. The van der Waals surface area contributed by atoms with Gasteiger partial charge < -0.3 is 10.1 Å². The number of nitrogens with zero attached hydrogens (tertiary/aromatic N) is 2. The first-order chi connectivity index (χ1) is 10.7. The fraction of sp³-hybridized carbons (Fsp3) is 0.188. The van der Waals surface area contributed by atoms with Crippen LogP contribution in [0.2, 0.25) is 0 Å². The first-order valence-corrected chi connectivity index (χ1v) is 6.80. The Kier molecular flexibility index (Phi) is 3.62. The van der Waals surface area contributed by atoms with Crippen LogP contribution in [0.3, 0.4) is 0 Å². The molecule has 0 saturated carbocycles. The van der Waals surface area contributed by atoms with Gasteiger partial charge in [0.2, 0.25) is 0 Å². The molecule has 0 aliphatic carbocycles. The molecule has 1 heterocycles. The van der Waals surface area contributed by atoms with Crippen LogP contribution in [0.1, 0.15) is 5.56 Å². The van der Waals surface area contributed by atoms with E-state index < -0.39 is 4.92 Å². The smallest absolute Gasteiger partial charge is 0.286 e. The first-order valence-electron chi connectivity index (χ1n) is 6.80. The van der Waals surface area contributed by atoms with Gasteiger partial charge in [-0.1, -0.05) is 30.3 Å². The zero-order valence-corrected chi connectivity index (χ0v) is 11.7. The predicted octanol–water partition coefficient (Wildman–Crippen LogP) is 3.56. The third-order valence-electron chi connectivity index (χ3n) is 3.51. The van der Waals surface area contributed by atoms with Crippen molar-refractivity contribution in [3.05, 3.63) is 69.6 Å². The van der Waals surface area contributed by atoms with Gasteiger partial charge in [0.25, 0.3) is 5.69 Å². The third-order valence-corrected chi connectivity index (χ3v) is 3.51. The third kappa shape index (κ3) is 2.69. The number of nitro groups is 1. The SMILES string of the molecule is [C-]#[N+]c1cc2c(c([N+](=O)[O-])c1)N[C@@H](Cc1ccccc1)CO2. The van der Waals surface area contributed by atoms with Gasteiger partial charge in [0.15, 0.2) is 11.4 Å². The van der Waals surface area contributed by atoms with Crippen LogP contribution in [0.15, 0.2) is 42.5 Å². The molecule has 0 aromatic heterocycles. The summed E-state index contributed by atoms with van der Waals surface area (Å²) in [5.74, 6) is 0.365. The van der Waals surface area contributed by atoms with Crippen molar-refractivity contribution in [2.75, 3.05) is 11.9 Å². The highest BCUT2D eigenvalue weighted by Gasteiger charge is 2.27. The van der Waals surface area contributed by atoms with Gasteiger partial charge in [-0.15, -0.1) is 0 Å². The standard InChI is InChI=1S/C16H13N3O3/c1-17-12-8-14(19(20)21)16-15(9-12)22-10-13(18-16)7-11-5-3-2-4-6-11/h2-6,8-9,13,18H,7,10H2/t13-/m0/s1. The van der Waals surface area contributed by atoms with Gasteiger partial charge in [0.05, 0.1) is 17.5 Å². The molecule has 0 saturated heterocycles. The summed E-state index contributed by atoms with van der Waals surface area (Å²) < 4.78 is 5.63. The quantitative estimate of drug-likeness (QED) is 0.534. The van der Waals surface area contributed by atoms with Gasteiger partial charge in [0, 0.05) is 6.07 Å². The number of ether oxygens (including phenoxy) is 1. The lowest BCUT2D eigenvalue weighted by molar-refractivity contribution is -0.384. The topological polar surface area (TPSA) is 68.8 Å². The molecular weight excluding hydrogens is 282 g/mol. The van der Waals surface area contributed by atoms with E-state index in [1.807, 2.05) is 30.3 Å². The van der Waals surface area contributed by atoms with E-state index >= 15 is 0 Å². The highest BCUT2D eigenvalue weighted by atomic mass is 16.6. The molecule has 110 valence electrons. The lowest BCUT2D eigenvalue weighted by Crippen LogP contribution is -2.33. The van der Waals surface area contributed by atoms with E-state index in [-0.39, 0.29) is 17.4 Å². The van der Waals surface area contributed by atoms with Crippen LogP contribution in [0, 0.1) is 16.7 Å². The molecular formula is C16H13N3O3. The number of nitro benzene ring substituents is 1. The summed E-state index contributed by atoms with van der Waals surface area (Å²) in [4.78, 5) is 14.0. The van der Waals surface area contributed by atoms with Crippen LogP contribution in [-0.4, -0.2) is 17.6 Å². The minimum absolute atomic E-state index is 0.0487. The van der Waals surface area contributed by atoms with E-state index in [1.54, 1.807) is 0 Å². The first kappa shape index (κ1) is 13.9. The van der Waals surface area contributed by atoms with E-state index in [2.05, 4.69) is 10.2 Å². The Morgan fingerprint density at radius 2 is 2.14 bits per heavy atom. The second kappa shape index (κ2) is 5.74. The van der Waals surface area contributed by atoms with Crippen LogP contribution >= 0.6 is 0 Å². The van der Waals surface area contributed by atoms with Crippen LogP contribution in [-0.2, 0) is 6.42 Å². The van der Waals surface area contributed by atoms with Gasteiger partial charge >= 0.3 is 0 Å². The van der Waals surface area contributed by atoms with Crippen LogP contribution < -0.4 is 10.1 Å². The van der Waals surface area contributed by atoms with Crippen molar-refractivity contribution in [1.29, 1.82) is 0 Å². The summed E-state index contributed by atoms with van der Waals surface area (Å²) >= 11 is 0. The number of fused-ring (bicyclic) bond motifs is 1. The van der Waals surface area contributed by atoms with E-state index in [4.69, 9.17) is 11.3 Å². The minimum Gasteiger partial charge on any atom is -0.490 e. The molecule has 2 aromatic rings. The van der Waals surface area contributed by atoms with Gasteiger partial charge in [-0.25, -0.2) is 4.85 Å².